The van der Waals surface area contributed by atoms with Gasteiger partial charge in [-0.25, -0.2) is 4.79 Å². The second-order valence-corrected chi connectivity index (χ2v) is 6.05. The fraction of sp³-hybridized carbons (Fsp3) is 0. The number of hydrogen-bond acceptors (Lipinski definition) is 2. The number of cyclic esters (lactones) is 1. The number of hydrogen-bond donors (Lipinski definition) is 0. The molecule has 0 saturated carbocycles. The highest BCUT2D eigenvalue weighted by Crippen LogP contribution is 2.29. The fourth-order valence-electron chi connectivity index (χ4n) is 2.71. The molecule has 116 valence electrons. The Morgan fingerprint density at radius 2 is 1.62 bits per heavy atom. The summed E-state index contributed by atoms with van der Waals surface area (Å²) in [6, 6.07) is 21.4. The zero-order valence-corrected chi connectivity index (χ0v) is 13.5. The lowest BCUT2D eigenvalue weighted by atomic mass is 10.1. The van der Waals surface area contributed by atoms with Gasteiger partial charge >= 0.3 is 5.97 Å². The first-order valence-electron chi connectivity index (χ1n) is 7.59. The van der Waals surface area contributed by atoms with E-state index < -0.39 is 0 Å². The summed E-state index contributed by atoms with van der Waals surface area (Å²) >= 11 is 5.88. The molecule has 3 aromatic carbocycles. The van der Waals surface area contributed by atoms with Crippen LogP contribution in [0, 0.1) is 0 Å². The van der Waals surface area contributed by atoms with Crippen molar-refractivity contribution in [2.75, 3.05) is 0 Å². The molecule has 0 saturated heterocycles. The lowest BCUT2D eigenvalue weighted by Crippen LogP contribution is -1.97. The van der Waals surface area contributed by atoms with E-state index in [1.807, 2.05) is 48.5 Å². The van der Waals surface area contributed by atoms with E-state index >= 15 is 0 Å². The minimum atomic E-state index is -0.340. The van der Waals surface area contributed by atoms with Gasteiger partial charge < -0.3 is 4.74 Å². The van der Waals surface area contributed by atoms with Gasteiger partial charge in [0.2, 0.25) is 0 Å². The average molecular weight is 333 g/mol. The van der Waals surface area contributed by atoms with Crippen molar-refractivity contribution in [3.63, 3.8) is 0 Å². The van der Waals surface area contributed by atoms with Crippen LogP contribution >= 0.6 is 11.6 Å². The van der Waals surface area contributed by atoms with Gasteiger partial charge in [0.25, 0.3) is 0 Å². The van der Waals surface area contributed by atoms with E-state index in [1.165, 1.54) is 0 Å². The summed E-state index contributed by atoms with van der Waals surface area (Å²) in [4.78, 5) is 12.1. The van der Waals surface area contributed by atoms with E-state index in [1.54, 1.807) is 24.3 Å². The van der Waals surface area contributed by atoms with Crippen molar-refractivity contribution >= 4 is 40.2 Å². The third-order valence-corrected chi connectivity index (χ3v) is 4.20. The molecular weight excluding hydrogens is 320 g/mol. The number of carbonyl (C=O) groups excluding carboxylic acids is 1. The molecule has 0 aromatic heterocycles. The SMILES string of the molecule is O=C1OC(c2ccc3ccccc3c2)=C/C1=C/c1ccc(Cl)cc1. The van der Waals surface area contributed by atoms with Gasteiger partial charge in [-0.2, -0.15) is 0 Å². The van der Waals surface area contributed by atoms with Gasteiger partial charge in [-0.1, -0.05) is 60.1 Å². The van der Waals surface area contributed by atoms with Crippen LogP contribution in [0.15, 0.2) is 78.4 Å². The summed E-state index contributed by atoms with van der Waals surface area (Å²) in [5, 5.41) is 2.93. The van der Waals surface area contributed by atoms with E-state index in [2.05, 4.69) is 6.07 Å². The van der Waals surface area contributed by atoms with Crippen LogP contribution in [-0.2, 0) is 9.53 Å². The molecular formula is C21H13ClO2. The Kier molecular flexibility index (Phi) is 3.68. The molecule has 0 aliphatic carbocycles. The van der Waals surface area contributed by atoms with Gasteiger partial charge in [-0.15, -0.1) is 0 Å². The van der Waals surface area contributed by atoms with Gasteiger partial charge in [0.15, 0.2) is 0 Å². The molecule has 1 aliphatic rings. The second kappa shape index (κ2) is 5.99. The van der Waals surface area contributed by atoms with E-state index in [9.17, 15) is 4.79 Å². The zero-order chi connectivity index (χ0) is 16.5. The standard InChI is InChI=1S/C21H13ClO2/c22-19-9-5-14(6-10-19)11-18-13-20(24-21(18)23)17-8-7-15-3-1-2-4-16(15)12-17/h1-13H/b18-11-. The average Bonchev–Trinajstić information content (AvgIpc) is 2.97. The monoisotopic (exact) mass is 332 g/mol. The van der Waals surface area contributed by atoms with Gasteiger partial charge in [0.05, 0.1) is 5.57 Å². The fourth-order valence-corrected chi connectivity index (χ4v) is 2.84. The van der Waals surface area contributed by atoms with Crippen molar-refractivity contribution in [3.05, 3.63) is 94.5 Å². The van der Waals surface area contributed by atoms with Crippen molar-refractivity contribution in [2.45, 2.75) is 0 Å². The lowest BCUT2D eigenvalue weighted by molar-refractivity contribution is -0.130. The number of halogens is 1. The first-order valence-corrected chi connectivity index (χ1v) is 7.97. The molecule has 1 aliphatic heterocycles. The van der Waals surface area contributed by atoms with Crippen LogP contribution in [0.1, 0.15) is 11.1 Å². The molecule has 0 spiro atoms. The maximum absolute atomic E-state index is 12.1. The lowest BCUT2D eigenvalue weighted by Gasteiger charge is -2.04. The minimum absolute atomic E-state index is 0.340. The highest BCUT2D eigenvalue weighted by Gasteiger charge is 2.22. The summed E-state index contributed by atoms with van der Waals surface area (Å²) in [6.07, 6.45) is 3.58. The number of fused-ring (bicyclic) bond motifs is 1. The molecule has 3 heteroatoms. The first kappa shape index (κ1) is 14.7. The molecule has 0 amide bonds. The van der Waals surface area contributed by atoms with Gasteiger partial charge in [-0.3, -0.25) is 0 Å². The summed E-state index contributed by atoms with van der Waals surface area (Å²) in [7, 11) is 0. The molecule has 0 bridgehead atoms. The van der Waals surface area contributed by atoms with Crippen molar-refractivity contribution in [1.82, 2.24) is 0 Å². The molecule has 4 rings (SSSR count). The Morgan fingerprint density at radius 1 is 0.875 bits per heavy atom. The number of esters is 1. The summed E-state index contributed by atoms with van der Waals surface area (Å²) in [6.45, 7) is 0. The minimum Gasteiger partial charge on any atom is -0.422 e. The van der Waals surface area contributed by atoms with Crippen molar-refractivity contribution in [1.29, 1.82) is 0 Å². The predicted octanol–water partition coefficient (Wildman–Crippen LogP) is 5.47. The summed E-state index contributed by atoms with van der Waals surface area (Å²) < 4.78 is 5.43. The van der Waals surface area contributed by atoms with Crippen LogP contribution in [0.2, 0.25) is 5.02 Å². The zero-order valence-electron chi connectivity index (χ0n) is 12.7. The van der Waals surface area contributed by atoms with Crippen LogP contribution < -0.4 is 0 Å². The number of ether oxygens (including phenoxy) is 1. The molecule has 0 N–H and O–H groups in total. The summed E-state index contributed by atoms with van der Waals surface area (Å²) in [5.41, 5.74) is 2.32. The maximum atomic E-state index is 12.1. The quantitative estimate of drug-likeness (QED) is 0.459. The number of benzene rings is 3. The third kappa shape index (κ3) is 2.84. The number of carbonyl (C=O) groups is 1. The van der Waals surface area contributed by atoms with Crippen LogP contribution in [0.4, 0.5) is 0 Å². The smallest absolute Gasteiger partial charge is 0.343 e. The molecule has 0 fully saturated rings. The largest absolute Gasteiger partial charge is 0.422 e. The summed E-state index contributed by atoms with van der Waals surface area (Å²) in [5.74, 6) is 0.235. The van der Waals surface area contributed by atoms with Gasteiger partial charge in [-0.05, 0) is 46.7 Å². The predicted molar refractivity (Wildman–Crippen MR) is 97.4 cm³/mol. The topological polar surface area (TPSA) is 26.3 Å². The molecule has 3 aromatic rings. The van der Waals surface area contributed by atoms with E-state index in [0.717, 1.165) is 21.9 Å². The Morgan fingerprint density at radius 3 is 2.42 bits per heavy atom. The third-order valence-electron chi connectivity index (χ3n) is 3.95. The van der Waals surface area contributed by atoms with Crippen LogP contribution in [0.3, 0.4) is 0 Å². The first-order chi connectivity index (χ1) is 11.7. The Hall–Kier alpha value is -2.84. The second-order valence-electron chi connectivity index (χ2n) is 5.61. The van der Waals surface area contributed by atoms with Crippen molar-refractivity contribution in [2.24, 2.45) is 0 Å². The molecule has 0 radical (unpaired) electrons. The van der Waals surface area contributed by atoms with Gasteiger partial charge in [0, 0.05) is 10.6 Å². The molecule has 0 unspecified atom stereocenters. The van der Waals surface area contributed by atoms with Crippen LogP contribution in [0.25, 0.3) is 22.6 Å². The molecule has 1 heterocycles. The Balaban J connectivity index is 1.70. The van der Waals surface area contributed by atoms with E-state index in [-0.39, 0.29) is 5.97 Å². The molecule has 0 atom stereocenters. The van der Waals surface area contributed by atoms with Crippen molar-refractivity contribution < 1.29 is 9.53 Å². The highest BCUT2D eigenvalue weighted by atomic mass is 35.5. The number of rotatable bonds is 2. The van der Waals surface area contributed by atoms with Gasteiger partial charge in [0.1, 0.15) is 5.76 Å². The Labute approximate surface area is 144 Å². The molecule has 24 heavy (non-hydrogen) atoms. The highest BCUT2D eigenvalue weighted by molar-refractivity contribution is 6.30. The normalized spacial score (nSPS) is 15.6. The van der Waals surface area contributed by atoms with Crippen LogP contribution in [-0.4, -0.2) is 5.97 Å². The maximum Gasteiger partial charge on any atom is 0.343 e. The molecule has 2 nitrogen and oxygen atoms in total. The van der Waals surface area contributed by atoms with E-state index in [4.69, 9.17) is 16.3 Å². The van der Waals surface area contributed by atoms with E-state index in [0.29, 0.717) is 16.4 Å². The Bertz CT molecular complexity index is 998. The van der Waals surface area contributed by atoms with Crippen molar-refractivity contribution in [3.8, 4) is 0 Å². The van der Waals surface area contributed by atoms with Crippen LogP contribution in [0.5, 0.6) is 0 Å².